The first-order chi connectivity index (χ1) is 21.8. The summed E-state index contributed by atoms with van der Waals surface area (Å²) in [6.07, 6.45) is 0. The van der Waals surface area contributed by atoms with Gasteiger partial charge in [0.15, 0.2) is 27.3 Å². The van der Waals surface area contributed by atoms with Crippen LogP contribution in [0.25, 0.3) is 5.76 Å². The van der Waals surface area contributed by atoms with Gasteiger partial charge in [0, 0.05) is 11.3 Å². The van der Waals surface area contributed by atoms with Gasteiger partial charge < -0.3 is 28.8 Å². The molecule has 0 bridgehead atoms. The zero-order valence-corrected chi connectivity index (χ0v) is 25.9. The largest absolute Gasteiger partial charge is 0.507 e. The van der Waals surface area contributed by atoms with Gasteiger partial charge in [-0.3, -0.25) is 14.5 Å². The van der Waals surface area contributed by atoms with E-state index in [1.807, 2.05) is 0 Å². The Hall–Kier alpha value is -4.82. The molecule has 1 N–H and O–H groups in total. The van der Waals surface area contributed by atoms with Crippen LogP contribution in [-0.4, -0.2) is 61.5 Å². The smallest absolute Gasteiger partial charge is 0.301 e. The number of hydrogen-bond donors (Lipinski definition) is 1. The second-order valence-corrected chi connectivity index (χ2v) is 11.9. The summed E-state index contributed by atoms with van der Waals surface area (Å²) in [7, 11) is 4.35. The molecule has 45 heavy (non-hydrogen) atoms. The molecule has 1 amide bonds. The van der Waals surface area contributed by atoms with Gasteiger partial charge in [-0.2, -0.15) is 0 Å². The number of benzene rings is 3. The zero-order valence-electron chi connectivity index (χ0n) is 24.2. The fourth-order valence-electron chi connectivity index (χ4n) is 5.03. The highest BCUT2D eigenvalue weighted by Gasteiger charge is 2.49. The molecule has 3 aromatic carbocycles. The van der Waals surface area contributed by atoms with E-state index in [9.17, 15) is 19.1 Å². The van der Waals surface area contributed by atoms with Crippen molar-refractivity contribution in [2.75, 3.05) is 39.4 Å². The van der Waals surface area contributed by atoms with E-state index in [0.717, 1.165) is 16.9 Å². The maximum atomic E-state index is 13.7. The number of methoxy groups -OCH3 is 3. The molecule has 6 rings (SSSR count). The quantitative estimate of drug-likeness (QED) is 0.0822. The number of hydrogen-bond acceptors (Lipinski definition) is 12. The van der Waals surface area contributed by atoms with Crippen molar-refractivity contribution in [1.29, 1.82) is 0 Å². The minimum atomic E-state index is -1.14. The molecule has 14 heteroatoms. The zero-order chi connectivity index (χ0) is 31.7. The number of aliphatic hydroxyl groups excluding tert-OH is 1. The van der Waals surface area contributed by atoms with Crippen LogP contribution in [0, 0.1) is 5.82 Å². The Bertz CT molecular complexity index is 1790. The highest BCUT2D eigenvalue weighted by Crippen LogP contribution is 2.48. The molecule has 232 valence electrons. The third-order valence-electron chi connectivity index (χ3n) is 7.14. The highest BCUT2D eigenvalue weighted by atomic mass is 32.2. The van der Waals surface area contributed by atoms with Crippen LogP contribution in [0.2, 0.25) is 0 Å². The molecule has 0 aliphatic carbocycles. The van der Waals surface area contributed by atoms with Crippen molar-refractivity contribution in [1.82, 2.24) is 10.2 Å². The van der Waals surface area contributed by atoms with E-state index < -0.39 is 23.5 Å². The summed E-state index contributed by atoms with van der Waals surface area (Å²) in [5.74, 6) is -0.320. The first-order valence-electron chi connectivity index (χ1n) is 13.5. The molecule has 2 aliphatic rings. The maximum absolute atomic E-state index is 13.7. The average molecular weight is 652 g/mol. The predicted molar refractivity (Wildman–Crippen MR) is 164 cm³/mol. The SMILES string of the molecule is COc1cc(C2/C(=C(\O)c3ccc4c(c3)OCCO4)C(=O)C(=O)N2c2nnc(SCc3ccc(F)cc3)s2)cc(OC)c1OC. The summed E-state index contributed by atoms with van der Waals surface area (Å²) < 4.78 is 41.7. The van der Waals surface area contributed by atoms with E-state index in [1.165, 1.54) is 50.1 Å². The summed E-state index contributed by atoms with van der Waals surface area (Å²) in [5, 5.41) is 20.2. The summed E-state index contributed by atoms with van der Waals surface area (Å²) >= 11 is 2.45. The lowest BCUT2D eigenvalue weighted by Gasteiger charge is -2.24. The number of carbonyl (C=O) groups is 2. The molecule has 4 aromatic rings. The van der Waals surface area contributed by atoms with Gasteiger partial charge in [-0.1, -0.05) is 35.2 Å². The standard InChI is InChI=1S/C31H26FN3O8S2/c1-39-22-13-18(14-23(40-2)28(22)41-3)25-24(26(36)17-6-9-20-21(12-17)43-11-10-42-20)27(37)29(38)35(25)30-33-34-31(45-30)44-15-16-4-7-19(32)8-5-16/h4-9,12-14,25,36H,10-11,15H2,1-3H3/b26-24+. The van der Waals surface area contributed by atoms with Gasteiger partial charge in [0.25, 0.3) is 5.78 Å². The topological polar surface area (TPSA) is 130 Å². The van der Waals surface area contributed by atoms with Crippen molar-refractivity contribution in [2.24, 2.45) is 0 Å². The van der Waals surface area contributed by atoms with Gasteiger partial charge >= 0.3 is 5.91 Å². The number of aliphatic hydroxyl groups is 1. The van der Waals surface area contributed by atoms with Crippen LogP contribution >= 0.6 is 23.1 Å². The predicted octanol–water partition coefficient (Wildman–Crippen LogP) is 5.39. The monoisotopic (exact) mass is 651 g/mol. The second-order valence-electron chi connectivity index (χ2n) is 9.75. The van der Waals surface area contributed by atoms with Crippen LogP contribution in [0.3, 0.4) is 0 Å². The third-order valence-corrected chi connectivity index (χ3v) is 9.27. The molecular weight excluding hydrogens is 625 g/mol. The van der Waals surface area contributed by atoms with Crippen LogP contribution in [0.4, 0.5) is 9.52 Å². The van der Waals surface area contributed by atoms with Gasteiger partial charge in [0.05, 0.1) is 32.9 Å². The van der Waals surface area contributed by atoms with Crippen molar-refractivity contribution in [3.63, 3.8) is 0 Å². The number of ether oxygens (including phenoxy) is 5. The Morgan fingerprint density at radius 2 is 1.67 bits per heavy atom. The van der Waals surface area contributed by atoms with E-state index in [1.54, 1.807) is 42.5 Å². The summed E-state index contributed by atoms with van der Waals surface area (Å²) in [6, 6.07) is 12.9. The van der Waals surface area contributed by atoms with Crippen molar-refractivity contribution < 1.29 is 42.8 Å². The van der Waals surface area contributed by atoms with Gasteiger partial charge in [-0.05, 0) is 53.6 Å². The molecule has 0 spiro atoms. The molecule has 11 nitrogen and oxygen atoms in total. The van der Waals surface area contributed by atoms with Crippen LogP contribution in [0.15, 0.2) is 64.5 Å². The lowest BCUT2D eigenvalue weighted by molar-refractivity contribution is -0.132. The van der Waals surface area contributed by atoms with Gasteiger partial charge in [-0.15, -0.1) is 10.2 Å². The van der Waals surface area contributed by atoms with Crippen LogP contribution < -0.4 is 28.6 Å². The number of aromatic nitrogens is 2. The van der Waals surface area contributed by atoms with E-state index in [4.69, 9.17) is 23.7 Å². The Morgan fingerprint density at radius 3 is 2.33 bits per heavy atom. The van der Waals surface area contributed by atoms with Crippen LogP contribution in [-0.2, 0) is 15.3 Å². The Labute approximate surface area is 265 Å². The Balaban J connectivity index is 1.45. The molecule has 1 fully saturated rings. The molecule has 0 saturated carbocycles. The lowest BCUT2D eigenvalue weighted by atomic mass is 9.94. The van der Waals surface area contributed by atoms with E-state index in [0.29, 0.717) is 46.1 Å². The molecule has 3 heterocycles. The van der Waals surface area contributed by atoms with Crippen molar-refractivity contribution >= 4 is 45.7 Å². The van der Waals surface area contributed by atoms with Crippen molar-refractivity contribution in [2.45, 2.75) is 16.1 Å². The first-order valence-corrected chi connectivity index (χ1v) is 15.3. The number of thioether (sulfide) groups is 1. The highest BCUT2D eigenvalue weighted by molar-refractivity contribution is 8.00. The van der Waals surface area contributed by atoms with E-state index >= 15 is 0 Å². The van der Waals surface area contributed by atoms with Gasteiger partial charge in [0.2, 0.25) is 10.9 Å². The number of Topliss-reactive ketones (excluding diaryl/α,β-unsaturated/α-hetero) is 1. The van der Waals surface area contributed by atoms with E-state index in [-0.39, 0.29) is 33.6 Å². The molecule has 0 radical (unpaired) electrons. The first kappa shape index (κ1) is 30.2. The van der Waals surface area contributed by atoms with Crippen molar-refractivity contribution in [3.05, 3.63) is 82.7 Å². The fraction of sp³-hybridized carbons (Fsp3) is 0.226. The minimum Gasteiger partial charge on any atom is -0.507 e. The number of halogens is 1. The number of anilines is 1. The number of rotatable bonds is 9. The molecule has 1 saturated heterocycles. The normalized spacial score (nSPS) is 17.0. The maximum Gasteiger partial charge on any atom is 0.301 e. The van der Waals surface area contributed by atoms with Crippen LogP contribution in [0.1, 0.15) is 22.7 Å². The number of ketones is 1. The molecular formula is C31H26FN3O8S2. The number of nitrogens with zero attached hydrogens (tertiary/aromatic N) is 3. The molecule has 2 aliphatic heterocycles. The number of amides is 1. The Morgan fingerprint density at radius 1 is 0.978 bits per heavy atom. The van der Waals surface area contributed by atoms with Gasteiger partial charge in [0.1, 0.15) is 24.8 Å². The second kappa shape index (κ2) is 12.7. The van der Waals surface area contributed by atoms with Crippen LogP contribution in [0.5, 0.6) is 28.7 Å². The average Bonchev–Trinajstić information content (AvgIpc) is 3.64. The third kappa shape index (κ3) is 5.73. The van der Waals surface area contributed by atoms with Crippen molar-refractivity contribution in [3.8, 4) is 28.7 Å². The van der Waals surface area contributed by atoms with Gasteiger partial charge in [-0.25, -0.2) is 4.39 Å². The summed E-state index contributed by atoms with van der Waals surface area (Å²) in [5.41, 5.74) is 1.33. The summed E-state index contributed by atoms with van der Waals surface area (Å²) in [4.78, 5) is 28.6. The number of carbonyl (C=O) groups excluding carboxylic acids is 2. The number of fused-ring (bicyclic) bond motifs is 1. The summed E-state index contributed by atoms with van der Waals surface area (Å²) in [6.45, 7) is 0.711. The minimum absolute atomic E-state index is 0.138. The fourth-order valence-corrected chi connectivity index (χ4v) is 6.86. The van der Waals surface area contributed by atoms with E-state index in [2.05, 4.69) is 10.2 Å². The molecule has 1 aromatic heterocycles. The molecule has 1 unspecified atom stereocenters. The lowest BCUT2D eigenvalue weighted by Crippen LogP contribution is -2.29. The molecule has 1 atom stereocenters. The Kier molecular flexibility index (Phi) is 8.50.